The number of nitrogens with zero attached hydrogens (tertiary/aromatic N) is 2. The van der Waals surface area contributed by atoms with E-state index in [4.69, 9.17) is 14.2 Å². The smallest absolute Gasteiger partial charge is 0.417 e. The highest BCUT2D eigenvalue weighted by Gasteiger charge is 2.27. The lowest BCUT2D eigenvalue weighted by atomic mass is 10.1. The van der Waals surface area contributed by atoms with Crippen molar-refractivity contribution in [1.82, 2.24) is 9.88 Å². The molecule has 0 N–H and O–H groups in total. The van der Waals surface area contributed by atoms with Gasteiger partial charge in [-0.05, 0) is 42.8 Å². The molecule has 6 heteroatoms. The highest BCUT2D eigenvalue weighted by Crippen LogP contribution is 2.34. The number of pyridine rings is 1. The molecule has 6 nitrogen and oxygen atoms in total. The van der Waals surface area contributed by atoms with Crippen LogP contribution in [0.4, 0.5) is 4.79 Å². The zero-order chi connectivity index (χ0) is 17.7. The number of hydrogen-bond acceptors (Lipinski definition) is 5. The van der Waals surface area contributed by atoms with Crippen molar-refractivity contribution in [3.8, 4) is 17.4 Å². The predicted octanol–water partition coefficient (Wildman–Crippen LogP) is 3.79. The van der Waals surface area contributed by atoms with Gasteiger partial charge in [0.2, 0.25) is 12.7 Å². The van der Waals surface area contributed by atoms with Crippen LogP contribution in [0.15, 0.2) is 42.5 Å². The van der Waals surface area contributed by atoms with Crippen LogP contribution in [-0.4, -0.2) is 22.8 Å². The molecule has 0 saturated heterocycles. The Morgan fingerprint density at radius 1 is 1.08 bits per heavy atom. The second-order valence-electron chi connectivity index (χ2n) is 6.56. The Morgan fingerprint density at radius 3 is 2.88 bits per heavy atom. The third-order valence-corrected chi connectivity index (χ3v) is 4.62. The summed E-state index contributed by atoms with van der Waals surface area (Å²) >= 11 is 0. The maximum absolute atomic E-state index is 12.4. The quantitative estimate of drug-likeness (QED) is 0.705. The molecule has 2 aliphatic rings. The van der Waals surface area contributed by atoms with Gasteiger partial charge in [0, 0.05) is 17.5 Å². The monoisotopic (exact) mass is 348 g/mol. The van der Waals surface area contributed by atoms with E-state index in [1.807, 2.05) is 43.3 Å². The van der Waals surface area contributed by atoms with Crippen LogP contribution in [0, 0.1) is 6.92 Å². The highest BCUT2D eigenvalue weighted by atomic mass is 16.7. The molecule has 3 aromatic rings. The second-order valence-corrected chi connectivity index (χ2v) is 6.56. The Morgan fingerprint density at radius 2 is 1.96 bits per heavy atom. The summed E-state index contributed by atoms with van der Waals surface area (Å²) in [4.78, 5) is 18.5. The lowest BCUT2D eigenvalue weighted by molar-refractivity contribution is 0.133. The first kappa shape index (κ1) is 15.0. The van der Waals surface area contributed by atoms with Gasteiger partial charge in [0.05, 0.1) is 12.1 Å². The van der Waals surface area contributed by atoms with Crippen molar-refractivity contribution in [1.29, 1.82) is 0 Å². The molecular formula is C20H16N2O4. The fourth-order valence-electron chi connectivity index (χ4n) is 3.32. The molecule has 1 amide bonds. The molecule has 0 bridgehead atoms. The minimum atomic E-state index is -0.394. The minimum absolute atomic E-state index is 0.232. The molecule has 0 atom stereocenters. The van der Waals surface area contributed by atoms with E-state index >= 15 is 0 Å². The van der Waals surface area contributed by atoms with Crippen molar-refractivity contribution in [2.45, 2.75) is 20.0 Å². The third-order valence-electron chi connectivity index (χ3n) is 4.62. The van der Waals surface area contributed by atoms with Crippen molar-refractivity contribution in [3.63, 3.8) is 0 Å². The summed E-state index contributed by atoms with van der Waals surface area (Å²) in [5, 5.41) is 1.05. The first-order valence-electron chi connectivity index (χ1n) is 8.41. The molecule has 0 radical (unpaired) electrons. The summed E-state index contributed by atoms with van der Waals surface area (Å²) in [5.74, 6) is 1.83. The van der Waals surface area contributed by atoms with Gasteiger partial charge in [0.25, 0.3) is 0 Å². The van der Waals surface area contributed by atoms with Gasteiger partial charge in [-0.2, -0.15) is 0 Å². The lowest BCUT2D eigenvalue weighted by Crippen LogP contribution is -2.36. The number of aryl methyl sites for hydroxylation is 1. The van der Waals surface area contributed by atoms with Crippen LogP contribution >= 0.6 is 0 Å². The van der Waals surface area contributed by atoms with Crippen molar-refractivity contribution in [2.24, 2.45) is 0 Å². The molecule has 0 saturated carbocycles. The molecule has 0 spiro atoms. The minimum Gasteiger partial charge on any atom is -0.454 e. The number of carbonyl (C=O) groups is 1. The maximum atomic E-state index is 12.4. The average Bonchev–Trinajstić information content (AvgIpc) is 3.09. The van der Waals surface area contributed by atoms with E-state index in [1.165, 1.54) is 5.56 Å². The number of carbonyl (C=O) groups excluding carboxylic acids is 1. The Labute approximate surface area is 149 Å². The Balaban J connectivity index is 1.44. The average molecular weight is 348 g/mol. The number of rotatable bonds is 2. The third kappa shape index (κ3) is 2.50. The standard InChI is InChI=1S/C20H16N2O4/c1-12-2-4-16-14(6-12)8-15-10-22(20(23)26-19(15)21-16)9-13-3-5-17-18(7-13)25-11-24-17/h2-8H,9-11H2,1H3. The van der Waals surface area contributed by atoms with Crippen LogP contribution < -0.4 is 14.2 Å². The second kappa shape index (κ2) is 5.62. The molecule has 130 valence electrons. The normalized spacial score (nSPS) is 15.1. The molecule has 1 aromatic heterocycles. The van der Waals surface area contributed by atoms with E-state index in [9.17, 15) is 4.79 Å². The Hall–Kier alpha value is -3.28. The van der Waals surface area contributed by atoms with E-state index in [0.29, 0.717) is 24.7 Å². The van der Waals surface area contributed by atoms with E-state index in [0.717, 1.165) is 27.8 Å². The van der Waals surface area contributed by atoms with Crippen LogP contribution in [-0.2, 0) is 13.1 Å². The van der Waals surface area contributed by atoms with E-state index in [-0.39, 0.29) is 6.79 Å². The van der Waals surface area contributed by atoms with Gasteiger partial charge in [-0.3, -0.25) is 4.90 Å². The summed E-state index contributed by atoms with van der Waals surface area (Å²) in [7, 11) is 0. The van der Waals surface area contributed by atoms with Gasteiger partial charge in [-0.25, -0.2) is 9.78 Å². The maximum Gasteiger partial charge on any atom is 0.417 e. The molecule has 3 heterocycles. The number of amides is 1. The van der Waals surface area contributed by atoms with Crippen molar-refractivity contribution in [3.05, 3.63) is 59.2 Å². The van der Waals surface area contributed by atoms with Crippen molar-refractivity contribution < 1.29 is 19.0 Å². The van der Waals surface area contributed by atoms with E-state index in [1.54, 1.807) is 4.90 Å². The first-order chi connectivity index (χ1) is 12.7. The van der Waals surface area contributed by atoms with Crippen molar-refractivity contribution >= 4 is 17.0 Å². The number of aromatic nitrogens is 1. The zero-order valence-corrected chi connectivity index (χ0v) is 14.2. The summed E-state index contributed by atoms with van der Waals surface area (Å²) in [6.45, 7) is 3.17. The molecule has 0 fully saturated rings. The van der Waals surface area contributed by atoms with Crippen LogP contribution in [0.25, 0.3) is 10.9 Å². The van der Waals surface area contributed by atoms with Crippen LogP contribution in [0.2, 0.25) is 0 Å². The fraction of sp³-hybridized carbons (Fsp3) is 0.200. The highest BCUT2D eigenvalue weighted by molar-refractivity contribution is 5.82. The number of fused-ring (bicyclic) bond motifs is 3. The molecule has 2 aliphatic heterocycles. The largest absolute Gasteiger partial charge is 0.454 e. The number of hydrogen-bond donors (Lipinski definition) is 0. The zero-order valence-electron chi connectivity index (χ0n) is 14.2. The molecule has 26 heavy (non-hydrogen) atoms. The fourth-order valence-corrected chi connectivity index (χ4v) is 3.32. The topological polar surface area (TPSA) is 60.9 Å². The van der Waals surface area contributed by atoms with Gasteiger partial charge in [0.1, 0.15) is 0 Å². The Bertz CT molecular complexity index is 1050. The van der Waals surface area contributed by atoms with Gasteiger partial charge < -0.3 is 14.2 Å². The molecular weight excluding hydrogens is 332 g/mol. The summed E-state index contributed by atoms with van der Waals surface area (Å²) in [6.07, 6.45) is -0.394. The molecule has 2 aromatic carbocycles. The van der Waals surface area contributed by atoms with E-state index in [2.05, 4.69) is 11.1 Å². The number of ether oxygens (including phenoxy) is 3. The predicted molar refractivity (Wildman–Crippen MR) is 94.3 cm³/mol. The SMILES string of the molecule is Cc1ccc2nc3c(cc2c1)CN(Cc1ccc2c(c1)OCO2)C(=O)O3. The summed E-state index contributed by atoms with van der Waals surface area (Å²) in [5.41, 5.74) is 3.86. The van der Waals surface area contributed by atoms with Crippen molar-refractivity contribution in [2.75, 3.05) is 6.79 Å². The Kier molecular flexibility index (Phi) is 3.25. The van der Waals surface area contributed by atoms with Gasteiger partial charge in [0.15, 0.2) is 11.5 Å². The molecule has 0 aliphatic carbocycles. The summed E-state index contributed by atoms with van der Waals surface area (Å²) < 4.78 is 16.2. The summed E-state index contributed by atoms with van der Waals surface area (Å²) in [6, 6.07) is 13.8. The van der Waals surface area contributed by atoms with Gasteiger partial charge in [-0.15, -0.1) is 0 Å². The lowest BCUT2D eigenvalue weighted by Gasteiger charge is -2.27. The van der Waals surface area contributed by atoms with Crippen LogP contribution in [0.5, 0.6) is 17.4 Å². The van der Waals surface area contributed by atoms with E-state index < -0.39 is 6.09 Å². The van der Waals surface area contributed by atoms with Gasteiger partial charge in [-0.1, -0.05) is 17.7 Å². The van der Waals surface area contributed by atoms with Crippen LogP contribution in [0.1, 0.15) is 16.7 Å². The first-order valence-corrected chi connectivity index (χ1v) is 8.41. The van der Waals surface area contributed by atoms with Gasteiger partial charge >= 0.3 is 6.09 Å². The van der Waals surface area contributed by atoms with Crippen LogP contribution in [0.3, 0.4) is 0 Å². The molecule has 5 rings (SSSR count). The number of benzene rings is 2. The molecule has 0 unspecified atom stereocenters.